The van der Waals surface area contributed by atoms with Crippen LogP contribution in [0.5, 0.6) is 0 Å². The van der Waals surface area contributed by atoms with Gasteiger partial charge in [-0.3, -0.25) is 0 Å². The van der Waals surface area contributed by atoms with Gasteiger partial charge in [-0.2, -0.15) is 0 Å². The maximum absolute atomic E-state index is 13.1. The molecule has 3 aromatic rings. The van der Waals surface area contributed by atoms with Crippen molar-refractivity contribution in [3.63, 3.8) is 0 Å². The number of halogens is 1. The van der Waals surface area contributed by atoms with E-state index in [4.69, 9.17) is 0 Å². The van der Waals surface area contributed by atoms with Crippen molar-refractivity contribution in [2.24, 2.45) is 5.92 Å². The van der Waals surface area contributed by atoms with Crippen LogP contribution in [0.4, 0.5) is 9.52 Å². The van der Waals surface area contributed by atoms with Crippen LogP contribution in [0.25, 0.3) is 11.1 Å². The maximum Gasteiger partial charge on any atom is 0.240 e. The van der Waals surface area contributed by atoms with Crippen LogP contribution >= 0.6 is 11.3 Å². The predicted octanol–water partition coefficient (Wildman–Crippen LogP) is 4.14. The third-order valence-electron chi connectivity index (χ3n) is 5.11. The number of nitrogens with zero attached hydrogens (tertiary/aromatic N) is 2. The molecule has 1 aliphatic heterocycles. The predicted molar refractivity (Wildman–Crippen MR) is 114 cm³/mol. The maximum atomic E-state index is 13.1. The number of rotatable bonds is 6. The summed E-state index contributed by atoms with van der Waals surface area (Å²) in [5.74, 6) is -0.0470. The number of thiazole rings is 1. The lowest BCUT2D eigenvalue weighted by Gasteiger charge is -2.32. The Morgan fingerprint density at radius 1 is 1.10 bits per heavy atom. The van der Waals surface area contributed by atoms with Gasteiger partial charge < -0.3 is 4.90 Å². The van der Waals surface area contributed by atoms with E-state index in [1.807, 2.05) is 5.38 Å². The van der Waals surface area contributed by atoms with E-state index in [9.17, 15) is 12.8 Å². The molecule has 8 heteroatoms. The Bertz CT molecular complexity index is 1040. The molecule has 0 aliphatic carbocycles. The van der Waals surface area contributed by atoms with Crippen LogP contribution in [-0.2, 0) is 10.0 Å². The summed E-state index contributed by atoms with van der Waals surface area (Å²) in [6.45, 7) is 2.17. The fourth-order valence-corrected chi connectivity index (χ4v) is 5.35. The minimum absolute atomic E-state index is 0.232. The third kappa shape index (κ3) is 4.83. The van der Waals surface area contributed by atoms with Gasteiger partial charge in [0.15, 0.2) is 5.13 Å². The summed E-state index contributed by atoms with van der Waals surface area (Å²) in [6, 6.07) is 12.8. The SMILES string of the molecule is O=S(=O)(NCC1CCCN(c2nccs2)C1)c1ccc(-c2ccc(F)cc2)cc1. The Hall–Kier alpha value is -2.29. The van der Waals surface area contributed by atoms with Gasteiger partial charge in [0.25, 0.3) is 0 Å². The van der Waals surface area contributed by atoms with Gasteiger partial charge in [0.1, 0.15) is 5.82 Å². The van der Waals surface area contributed by atoms with E-state index < -0.39 is 10.0 Å². The lowest BCUT2D eigenvalue weighted by atomic mass is 9.99. The quantitative estimate of drug-likeness (QED) is 0.637. The number of benzene rings is 2. The summed E-state index contributed by atoms with van der Waals surface area (Å²) in [4.78, 5) is 6.81. The van der Waals surface area contributed by atoms with E-state index >= 15 is 0 Å². The van der Waals surface area contributed by atoms with Crippen molar-refractivity contribution >= 4 is 26.5 Å². The Morgan fingerprint density at radius 2 is 1.79 bits per heavy atom. The normalized spacial score (nSPS) is 17.4. The largest absolute Gasteiger partial charge is 0.348 e. The number of sulfonamides is 1. The zero-order valence-electron chi connectivity index (χ0n) is 15.8. The molecular formula is C21H22FN3O2S2. The number of hydrogen-bond donors (Lipinski definition) is 1. The molecule has 1 atom stereocenters. The summed E-state index contributed by atoms with van der Waals surface area (Å²) in [6.07, 6.45) is 3.81. The number of piperidine rings is 1. The number of anilines is 1. The summed E-state index contributed by atoms with van der Waals surface area (Å²) < 4.78 is 41.2. The van der Waals surface area contributed by atoms with Crippen LogP contribution in [0.15, 0.2) is 65.0 Å². The van der Waals surface area contributed by atoms with Crippen molar-refractivity contribution in [3.05, 3.63) is 65.9 Å². The first-order valence-electron chi connectivity index (χ1n) is 9.51. The second kappa shape index (κ2) is 8.61. The summed E-state index contributed by atoms with van der Waals surface area (Å²) in [7, 11) is -3.58. The molecule has 1 aromatic heterocycles. The van der Waals surface area contributed by atoms with Crippen molar-refractivity contribution in [3.8, 4) is 11.1 Å². The van der Waals surface area contributed by atoms with Crippen molar-refractivity contribution in [2.45, 2.75) is 17.7 Å². The molecule has 152 valence electrons. The van der Waals surface area contributed by atoms with Gasteiger partial charge in [-0.1, -0.05) is 24.3 Å². The highest BCUT2D eigenvalue weighted by atomic mass is 32.2. The Kier molecular flexibility index (Phi) is 5.94. The Balaban J connectivity index is 1.39. The van der Waals surface area contributed by atoms with Crippen LogP contribution in [0, 0.1) is 11.7 Å². The summed E-state index contributed by atoms with van der Waals surface area (Å²) in [5.41, 5.74) is 1.68. The fourth-order valence-electron chi connectivity index (χ4n) is 3.56. The molecule has 1 saturated heterocycles. The van der Waals surface area contributed by atoms with Crippen molar-refractivity contribution in [1.82, 2.24) is 9.71 Å². The van der Waals surface area contributed by atoms with E-state index in [1.54, 1.807) is 53.9 Å². The summed E-state index contributed by atoms with van der Waals surface area (Å²) in [5, 5.41) is 2.95. The van der Waals surface area contributed by atoms with E-state index in [1.165, 1.54) is 12.1 Å². The molecule has 0 saturated carbocycles. The molecule has 29 heavy (non-hydrogen) atoms. The molecule has 0 spiro atoms. The Labute approximate surface area is 174 Å². The van der Waals surface area contributed by atoms with E-state index in [0.717, 1.165) is 42.2 Å². The fraction of sp³-hybridized carbons (Fsp3) is 0.286. The number of hydrogen-bond acceptors (Lipinski definition) is 5. The molecule has 2 aromatic carbocycles. The molecule has 1 fully saturated rings. The first kappa shape index (κ1) is 20.0. The molecule has 0 radical (unpaired) electrons. The van der Waals surface area contributed by atoms with Crippen molar-refractivity contribution in [1.29, 1.82) is 0 Å². The van der Waals surface area contributed by atoms with Gasteiger partial charge in [0.2, 0.25) is 10.0 Å². The van der Waals surface area contributed by atoms with Gasteiger partial charge in [0.05, 0.1) is 4.90 Å². The van der Waals surface area contributed by atoms with Crippen LogP contribution in [0.1, 0.15) is 12.8 Å². The Morgan fingerprint density at radius 3 is 2.45 bits per heavy atom. The van der Waals surface area contributed by atoms with E-state index in [-0.39, 0.29) is 16.6 Å². The first-order valence-corrected chi connectivity index (χ1v) is 11.9. The van der Waals surface area contributed by atoms with Gasteiger partial charge in [0, 0.05) is 31.2 Å². The zero-order chi connectivity index (χ0) is 20.3. The van der Waals surface area contributed by atoms with Gasteiger partial charge in [-0.25, -0.2) is 22.5 Å². The molecular weight excluding hydrogens is 409 g/mol. The topological polar surface area (TPSA) is 62.3 Å². The average Bonchev–Trinajstić information content (AvgIpc) is 3.28. The number of nitrogens with one attached hydrogen (secondary N) is 1. The minimum Gasteiger partial charge on any atom is -0.348 e. The molecule has 1 aliphatic rings. The zero-order valence-corrected chi connectivity index (χ0v) is 17.4. The highest BCUT2D eigenvalue weighted by Gasteiger charge is 2.23. The smallest absolute Gasteiger partial charge is 0.240 e. The standard InChI is InChI=1S/C21H22FN3O2S2/c22-19-7-3-17(4-8-19)18-5-9-20(10-6-18)29(26,27)24-14-16-2-1-12-25(15-16)21-23-11-13-28-21/h3-11,13,16,24H,1-2,12,14-15H2. The molecule has 5 nitrogen and oxygen atoms in total. The minimum atomic E-state index is -3.58. The van der Waals surface area contributed by atoms with Crippen molar-refractivity contribution in [2.75, 3.05) is 24.5 Å². The third-order valence-corrected chi connectivity index (χ3v) is 7.38. The van der Waals surface area contributed by atoms with Crippen LogP contribution in [0.2, 0.25) is 0 Å². The number of aromatic nitrogens is 1. The molecule has 1 N–H and O–H groups in total. The highest BCUT2D eigenvalue weighted by molar-refractivity contribution is 7.89. The summed E-state index contributed by atoms with van der Waals surface area (Å²) >= 11 is 1.61. The second-order valence-electron chi connectivity index (χ2n) is 7.15. The van der Waals surface area contributed by atoms with Gasteiger partial charge >= 0.3 is 0 Å². The van der Waals surface area contributed by atoms with Crippen LogP contribution in [-0.4, -0.2) is 33.0 Å². The first-order chi connectivity index (χ1) is 14.0. The van der Waals surface area contributed by atoms with E-state index in [2.05, 4.69) is 14.6 Å². The lowest BCUT2D eigenvalue weighted by Crippen LogP contribution is -2.41. The lowest BCUT2D eigenvalue weighted by molar-refractivity contribution is 0.410. The second-order valence-corrected chi connectivity index (χ2v) is 9.79. The molecule has 0 bridgehead atoms. The van der Waals surface area contributed by atoms with Gasteiger partial charge in [-0.15, -0.1) is 11.3 Å². The average molecular weight is 432 g/mol. The molecule has 1 unspecified atom stereocenters. The van der Waals surface area contributed by atoms with Crippen molar-refractivity contribution < 1.29 is 12.8 Å². The van der Waals surface area contributed by atoms with Gasteiger partial charge in [-0.05, 0) is 54.2 Å². The highest BCUT2D eigenvalue weighted by Crippen LogP contribution is 2.25. The molecule has 0 amide bonds. The monoisotopic (exact) mass is 431 g/mol. The van der Waals surface area contributed by atoms with E-state index in [0.29, 0.717) is 6.54 Å². The molecule has 2 heterocycles. The van der Waals surface area contributed by atoms with Crippen LogP contribution in [0.3, 0.4) is 0 Å². The molecule has 4 rings (SSSR count). The van der Waals surface area contributed by atoms with Crippen LogP contribution < -0.4 is 9.62 Å².